The average Bonchev–Trinajstić information content (AvgIpc) is 2.43. The molecule has 0 unspecified atom stereocenters. The molecule has 6 heteroatoms. The second-order valence-electron chi connectivity index (χ2n) is 5.93. The second-order valence-corrected chi connectivity index (χ2v) is 5.93. The van der Waals surface area contributed by atoms with E-state index in [1.54, 1.807) is 0 Å². The van der Waals surface area contributed by atoms with Gasteiger partial charge >= 0.3 is 6.03 Å². The number of nitrogens with two attached hydrogens (primary N) is 1. The lowest BCUT2D eigenvalue weighted by molar-refractivity contribution is 0.110. The maximum atomic E-state index is 10.9. The third kappa shape index (κ3) is 4.13. The molecule has 0 fully saturated rings. The molecule has 0 saturated heterocycles. The maximum absolute atomic E-state index is 10.9. The zero-order valence-corrected chi connectivity index (χ0v) is 13.3. The van der Waals surface area contributed by atoms with E-state index in [2.05, 4.69) is 17.5 Å². The Morgan fingerprint density at radius 2 is 2.27 bits per heavy atom. The molecular formula is C16H23N3O3. The fourth-order valence-electron chi connectivity index (χ4n) is 2.30. The largest absolute Gasteiger partial charge is 0.493 e. The Kier molecular flexibility index (Phi) is 4.90. The van der Waals surface area contributed by atoms with Crippen LogP contribution in [0.25, 0.3) is 0 Å². The summed E-state index contributed by atoms with van der Waals surface area (Å²) >= 11 is 0. The van der Waals surface area contributed by atoms with Crippen LogP contribution in [0.4, 0.5) is 4.79 Å². The molecule has 6 nitrogen and oxygen atoms in total. The molecule has 1 aliphatic rings. The van der Waals surface area contributed by atoms with Crippen LogP contribution in [0.2, 0.25) is 0 Å². The van der Waals surface area contributed by atoms with Crippen molar-refractivity contribution in [2.24, 2.45) is 10.8 Å². The molecule has 0 radical (unpaired) electrons. The minimum absolute atomic E-state index is 0.410. The van der Waals surface area contributed by atoms with Crippen LogP contribution >= 0.6 is 0 Å². The van der Waals surface area contributed by atoms with E-state index < -0.39 is 11.6 Å². The van der Waals surface area contributed by atoms with Crippen LogP contribution in [0.5, 0.6) is 11.5 Å². The fraction of sp³-hybridized carbons (Fsp3) is 0.500. The van der Waals surface area contributed by atoms with Crippen LogP contribution in [0.1, 0.15) is 45.6 Å². The summed E-state index contributed by atoms with van der Waals surface area (Å²) < 4.78 is 11.7. The first-order chi connectivity index (χ1) is 10.4. The Bertz CT molecular complexity index is 582. The lowest BCUT2D eigenvalue weighted by Gasteiger charge is -2.33. The number of carbonyl (C=O) groups excluding carboxylic acids is 1. The number of nitrogens with zero attached hydrogens (tertiary/aromatic N) is 1. The molecule has 2 rings (SSSR count). The van der Waals surface area contributed by atoms with E-state index in [0.717, 1.165) is 29.9 Å². The lowest BCUT2D eigenvalue weighted by Crippen LogP contribution is -2.37. The van der Waals surface area contributed by atoms with Crippen molar-refractivity contribution < 1.29 is 14.3 Å². The number of fused-ring (bicyclic) bond motifs is 1. The van der Waals surface area contributed by atoms with E-state index >= 15 is 0 Å². The van der Waals surface area contributed by atoms with Crippen molar-refractivity contribution in [2.75, 3.05) is 6.61 Å². The minimum Gasteiger partial charge on any atom is -0.493 e. The van der Waals surface area contributed by atoms with Crippen LogP contribution in [-0.4, -0.2) is 24.0 Å². The Balaban J connectivity index is 2.26. The molecule has 1 aromatic carbocycles. The second kappa shape index (κ2) is 6.68. The Morgan fingerprint density at radius 1 is 1.50 bits per heavy atom. The number of primary amides is 1. The summed E-state index contributed by atoms with van der Waals surface area (Å²) in [5.41, 5.74) is 8.55. The zero-order valence-electron chi connectivity index (χ0n) is 13.3. The molecule has 0 bridgehead atoms. The molecule has 2 amide bonds. The quantitative estimate of drug-likeness (QED) is 0.648. The van der Waals surface area contributed by atoms with Gasteiger partial charge in [-0.25, -0.2) is 10.2 Å². The van der Waals surface area contributed by atoms with Crippen LogP contribution in [0.3, 0.4) is 0 Å². The van der Waals surface area contributed by atoms with Gasteiger partial charge in [-0.2, -0.15) is 5.10 Å². The molecule has 0 saturated carbocycles. The number of urea groups is 1. The van der Waals surface area contributed by atoms with E-state index in [4.69, 9.17) is 15.2 Å². The molecule has 22 heavy (non-hydrogen) atoms. The van der Waals surface area contributed by atoms with Crippen molar-refractivity contribution >= 4 is 11.7 Å². The number of amides is 2. The lowest BCUT2D eigenvalue weighted by atomic mass is 9.92. The maximum Gasteiger partial charge on any atom is 0.332 e. The highest BCUT2D eigenvalue weighted by Crippen LogP contribution is 2.35. The van der Waals surface area contributed by atoms with Crippen LogP contribution in [-0.2, 0) is 0 Å². The number of ether oxygens (including phenoxy) is 2. The first-order valence-corrected chi connectivity index (χ1v) is 7.49. The smallest absolute Gasteiger partial charge is 0.332 e. The van der Waals surface area contributed by atoms with Crippen molar-refractivity contribution in [2.45, 2.75) is 45.6 Å². The Labute approximate surface area is 130 Å². The van der Waals surface area contributed by atoms with Gasteiger partial charge in [-0.15, -0.1) is 0 Å². The number of unbranched alkanes of at least 4 members (excludes halogenated alkanes) is 1. The number of hydrogen-bond donors (Lipinski definition) is 2. The predicted octanol–water partition coefficient (Wildman–Crippen LogP) is 2.80. The molecule has 1 aliphatic heterocycles. The third-order valence-electron chi connectivity index (χ3n) is 3.31. The molecule has 0 aliphatic carbocycles. The minimum atomic E-state index is -0.683. The highest BCUT2D eigenvalue weighted by atomic mass is 16.5. The number of hydrogen-bond acceptors (Lipinski definition) is 4. The Morgan fingerprint density at radius 3 is 2.95 bits per heavy atom. The van der Waals surface area contributed by atoms with Crippen molar-refractivity contribution in [3.63, 3.8) is 0 Å². The molecule has 120 valence electrons. The number of benzene rings is 1. The van der Waals surface area contributed by atoms with E-state index in [0.29, 0.717) is 18.8 Å². The van der Waals surface area contributed by atoms with Crippen molar-refractivity contribution in [3.8, 4) is 11.5 Å². The summed E-state index contributed by atoms with van der Waals surface area (Å²) in [5, 5.41) is 4.10. The average molecular weight is 305 g/mol. The first kappa shape index (κ1) is 16.1. The molecular weight excluding hydrogens is 282 g/mol. The SMILES string of the molecule is CCCCOc1ccc2c(c1)OC(C)(C)CC2=NNC(N)=O. The van der Waals surface area contributed by atoms with Crippen molar-refractivity contribution in [1.82, 2.24) is 5.43 Å². The van der Waals surface area contributed by atoms with Gasteiger partial charge in [0.25, 0.3) is 0 Å². The van der Waals surface area contributed by atoms with Gasteiger partial charge in [0.05, 0.1) is 12.3 Å². The number of nitrogens with one attached hydrogen (secondary N) is 1. The van der Waals surface area contributed by atoms with Crippen molar-refractivity contribution in [3.05, 3.63) is 23.8 Å². The molecule has 0 aromatic heterocycles. The van der Waals surface area contributed by atoms with E-state index in [1.807, 2.05) is 32.0 Å². The number of rotatable bonds is 5. The number of hydrazone groups is 1. The molecule has 0 atom stereocenters. The summed E-state index contributed by atoms with van der Waals surface area (Å²) in [7, 11) is 0. The van der Waals surface area contributed by atoms with E-state index in [9.17, 15) is 4.79 Å². The van der Waals surface area contributed by atoms with Gasteiger partial charge in [-0.1, -0.05) is 13.3 Å². The van der Waals surface area contributed by atoms with Gasteiger partial charge in [-0.3, -0.25) is 0 Å². The van der Waals surface area contributed by atoms with Gasteiger partial charge in [0.1, 0.15) is 17.1 Å². The van der Waals surface area contributed by atoms with Gasteiger partial charge in [0.15, 0.2) is 0 Å². The van der Waals surface area contributed by atoms with Crippen LogP contribution in [0.15, 0.2) is 23.3 Å². The first-order valence-electron chi connectivity index (χ1n) is 7.49. The van der Waals surface area contributed by atoms with E-state index in [-0.39, 0.29) is 0 Å². The highest BCUT2D eigenvalue weighted by molar-refractivity contribution is 6.04. The summed E-state index contributed by atoms with van der Waals surface area (Å²) in [6.07, 6.45) is 2.68. The summed E-state index contributed by atoms with van der Waals surface area (Å²) in [5.74, 6) is 1.47. The predicted molar refractivity (Wildman–Crippen MR) is 85.4 cm³/mol. The fourth-order valence-corrected chi connectivity index (χ4v) is 2.30. The van der Waals surface area contributed by atoms with Crippen molar-refractivity contribution in [1.29, 1.82) is 0 Å². The molecule has 3 N–H and O–H groups in total. The zero-order chi connectivity index (χ0) is 16.2. The highest BCUT2D eigenvalue weighted by Gasteiger charge is 2.31. The summed E-state index contributed by atoms with van der Waals surface area (Å²) in [6.45, 7) is 6.75. The van der Waals surface area contributed by atoms with Gasteiger partial charge in [0.2, 0.25) is 0 Å². The van der Waals surface area contributed by atoms with Gasteiger partial charge in [-0.05, 0) is 32.4 Å². The third-order valence-corrected chi connectivity index (χ3v) is 3.31. The molecule has 0 spiro atoms. The normalized spacial score (nSPS) is 17.5. The van der Waals surface area contributed by atoms with Gasteiger partial charge in [0, 0.05) is 18.1 Å². The monoisotopic (exact) mass is 305 g/mol. The standard InChI is InChI=1S/C16H23N3O3/c1-4-5-8-21-11-6-7-12-13(18-19-15(17)20)10-16(2,3)22-14(12)9-11/h6-7,9H,4-5,8,10H2,1-3H3,(H3,17,19,20). The van der Waals surface area contributed by atoms with Crippen LogP contribution in [0, 0.1) is 0 Å². The van der Waals surface area contributed by atoms with E-state index in [1.165, 1.54) is 0 Å². The summed E-state index contributed by atoms with van der Waals surface area (Å²) in [6, 6.07) is 4.97. The van der Waals surface area contributed by atoms with Crippen LogP contribution < -0.4 is 20.6 Å². The molecule has 1 heterocycles. The molecule has 1 aromatic rings. The topological polar surface area (TPSA) is 85.9 Å². The summed E-state index contributed by atoms with van der Waals surface area (Å²) in [4.78, 5) is 10.9. The van der Waals surface area contributed by atoms with Gasteiger partial charge < -0.3 is 15.2 Å². The Hall–Kier alpha value is -2.24. The number of carbonyl (C=O) groups is 1.